The molecule has 1 aromatic carbocycles. The zero-order valence-corrected chi connectivity index (χ0v) is 13.5. The van der Waals surface area contributed by atoms with Gasteiger partial charge in [-0.3, -0.25) is 0 Å². The van der Waals surface area contributed by atoms with E-state index in [1.165, 1.54) is 55.2 Å². The fourth-order valence-electron chi connectivity index (χ4n) is 2.46. The minimum atomic E-state index is 0.342. The number of hydrogen-bond acceptors (Lipinski definition) is 1. The van der Waals surface area contributed by atoms with Crippen LogP contribution in [0.2, 0.25) is 0 Å². The Morgan fingerprint density at radius 2 is 1.95 bits per heavy atom. The lowest BCUT2D eigenvalue weighted by molar-refractivity contribution is 0.0455. The molecule has 0 spiro atoms. The Morgan fingerprint density at radius 1 is 1.20 bits per heavy atom. The summed E-state index contributed by atoms with van der Waals surface area (Å²) in [6, 6.07) is 6.32. The van der Waals surface area contributed by atoms with Crippen molar-refractivity contribution in [2.75, 3.05) is 0 Å². The minimum Gasteiger partial charge on any atom is -0.374 e. The summed E-state index contributed by atoms with van der Waals surface area (Å²) in [6.45, 7) is 11.2. The number of ether oxygens (including phenoxy) is 1. The van der Waals surface area contributed by atoms with E-state index in [2.05, 4.69) is 45.5 Å². The fourth-order valence-corrected chi connectivity index (χ4v) is 2.46. The SMILES string of the molecule is C=Cc1cccc(C)c1COC(C)CCCCCCC. The Morgan fingerprint density at radius 3 is 2.65 bits per heavy atom. The normalized spacial score (nSPS) is 12.3. The Labute approximate surface area is 125 Å². The summed E-state index contributed by atoms with van der Waals surface area (Å²) in [5.74, 6) is 0. The molecule has 0 fully saturated rings. The summed E-state index contributed by atoms with van der Waals surface area (Å²) in [5, 5.41) is 0. The molecule has 1 aromatic rings. The highest BCUT2D eigenvalue weighted by Crippen LogP contribution is 2.18. The van der Waals surface area contributed by atoms with Crippen LogP contribution in [-0.4, -0.2) is 6.10 Å². The number of hydrogen-bond donors (Lipinski definition) is 0. The predicted octanol–water partition coefficient (Wildman–Crippen LogP) is 5.90. The maximum absolute atomic E-state index is 6.01. The van der Waals surface area contributed by atoms with Crippen molar-refractivity contribution in [2.24, 2.45) is 0 Å². The molecule has 112 valence electrons. The van der Waals surface area contributed by atoms with E-state index < -0.39 is 0 Å². The van der Waals surface area contributed by atoms with E-state index in [9.17, 15) is 0 Å². The standard InChI is InChI=1S/C19H30O/c1-5-7-8-9-10-13-17(4)20-15-19-16(3)12-11-14-18(19)6-2/h6,11-12,14,17H,2,5,7-10,13,15H2,1,3-4H3. The van der Waals surface area contributed by atoms with E-state index in [1.807, 2.05) is 6.08 Å². The highest BCUT2D eigenvalue weighted by atomic mass is 16.5. The zero-order valence-electron chi connectivity index (χ0n) is 13.5. The van der Waals surface area contributed by atoms with Crippen molar-refractivity contribution in [3.05, 3.63) is 41.5 Å². The van der Waals surface area contributed by atoms with Crippen LogP contribution >= 0.6 is 0 Å². The molecule has 0 N–H and O–H groups in total. The van der Waals surface area contributed by atoms with Crippen molar-refractivity contribution in [1.82, 2.24) is 0 Å². The predicted molar refractivity (Wildman–Crippen MR) is 88.9 cm³/mol. The lowest BCUT2D eigenvalue weighted by Crippen LogP contribution is -2.09. The summed E-state index contributed by atoms with van der Waals surface area (Å²) in [4.78, 5) is 0. The summed E-state index contributed by atoms with van der Waals surface area (Å²) in [7, 11) is 0. The first kappa shape index (κ1) is 17.0. The summed E-state index contributed by atoms with van der Waals surface area (Å²) in [6.07, 6.45) is 10.1. The zero-order chi connectivity index (χ0) is 14.8. The minimum absolute atomic E-state index is 0.342. The molecular weight excluding hydrogens is 244 g/mol. The first-order valence-corrected chi connectivity index (χ1v) is 8.01. The molecule has 1 nitrogen and oxygen atoms in total. The molecule has 0 aliphatic heterocycles. The van der Waals surface area contributed by atoms with Gasteiger partial charge in [-0.25, -0.2) is 0 Å². The highest BCUT2D eigenvalue weighted by Gasteiger charge is 2.07. The largest absolute Gasteiger partial charge is 0.374 e. The van der Waals surface area contributed by atoms with E-state index in [0.717, 1.165) is 0 Å². The average Bonchev–Trinajstić information content (AvgIpc) is 2.45. The second-order valence-electron chi connectivity index (χ2n) is 5.67. The van der Waals surface area contributed by atoms with Crippen molar-refractivity contribution in [2.45, 2.75) is 72.0 Å². The van der Waals surface area contributed by atoms with Gasteiger partial charge < -0.3 is 4.74 Å². The van der Waals surface area contributed by atoms with Crippen molar-refractivity contribution in [1.29, 1.82) is 0 Å². The molecule has 0 radical (unpaired) electrons. The van der Waals surface area contributed by atoms with Crippen LogP contribution in [0.1, 0.15) is 69.1 Å². The first-order valence-electron chi connectivity index (χ1n) is 8.01. The van der Waals surface area contributed by atoms with Crippen LogP contribution in [0.25, 0.3) is 6.08 Å². The maximum atomic E-state index is 6.01. The van der Waals surface area contributed by atoms with Gasteiger partial charge in [-0.15, -0.1) is 0 Å². The molecule has 0 saturated carbocycles. The van der Waals surface area contributed by atoms with E-state index >= 15 is 0 Å². The number of benzene rings is 1. The molecular formula is C19H30O. The molecule has 1 heteroatoms. The molecule has 1 rings (SSSR count). The van der Waals surface area contributed by atoms with Crippen LogP contribution in [0.5, 0.6) is 0 Å². The lowest BCUT2D eigenvalue weighted by Gasteiger charge is -2.16. The van der Waals surface area contributed by atoms with Gasteiger partial charge in [0, 0.05) is 0 Å². The second-order valence-corrected chi connectivity index (χ2v) is 5.67. The Bertz CT molecular complexity index is 395. The molecule has 0 aromatic heterocycles. The maximum Gasteiger partial charge on any atom is 0.0728 e. The molecule has 1 atom stereocenters. The number of rotatable bonds is 10. The molecule has 0 amide bonds. The quantitative estimate of drug-likeness (QED) is 0.482. The van der Waals surface area contributed by atoms with Gasteiger partial charge in [0.15, 0.2) is 0 Å². The monoisotopic (exact) mass is 274 g/mol. The van der Waals surface area contributed by atoms with Gasteiger partial charge in [-0.1, -0.05) is 69.9 Å². The van der Waals surface area contributed by atoms with Crippen molar-refractivity contribution >= 4 is 6.08 Å². The Balaban J connectivity index is 2.34. The molecule has 1 unspecified atom stereocenters. The Kier molecular flexibility index (Phi) is 8.29. The average molecular weight is 274 g/mol. The van der Waals surface area contributed by atoms with Gasteiger partial charge in [-0.2, -0.15) is 0 Å². The van der Waals surface area contributed by atoms with E-state index in [0.29, 0.717) is 12.7 Å². The topological polar surface area (TPSA) is 9.23 Å². The van der Waals surface area contributed by atoms with Gasteiger partial charge in [0.25, 0.3) is 0 Å². The fraction of sp³-hybridized carbons (Fsp3) is 0.579. The van der Waals surface area contributed by atoms with Crippen LogP contribution < -0.4 is 0 Å². The van der Waals surface area contributed by atoms with Crippen LogP contribution in [0, 0.1) is 6.92 Å². The smallest absolute Gasteiger partial charge is 0.0728 e. The van der Waals surface area contributed by atoms with E-state index in [1.54, 1.807) is 0 Å². The van der Waals surface area contributed by atoms with E-state index in [4.69, 9.17) is 4.74 Å². The van der Waals surface area contributed by atoms with Gasteiger partial charge in [0.05, 0.1) is 12.7 Å². The summed E-state index contributed by atoms with van der Waals surface area (Å²) >= 11 is 0. The molecule has 0 saturated heterocycles. The lowest BCUT2D eigenvalue weighted by atomic mass is 10.0. The van der Waals surface area contributed by atoms with Gasteiger partial charge in [0.2, 0.25) is 0 Å². The summed E-state index contributed by atoms with van der Waals surface area (Å²) < 4.78 is 6.01. The van der Waals surface area contributed by atoms with Gasteiger partial charge in [0.1, 0.15) is 0 Å². The van der Waals surface area contributed by atoms with Crippen LogP contribution in [0.3, 0.4) is 0 Å². The van der Waals surface area contributed by atoms with Gasteiger partial charge >= 0.3 is 0 Å². The summed E-state index contributed by atoms with van der Waals surface area (Å²) in [5.41, 5.74) is 3.76. The third-order valence-electron chi connectivity index (χ3n) is 3.89. The number of aryl methyl sites for hydroxylation is 1. The van der Waals surface area contributed by atoms with Crippen LogP contribution in [0.4, 0.5) is 0 Å². The van der Waals surface area contributed by atoms with Crippen LogP contribution in [0.15, 0.2) is 24.8 Å². The number of unbranched alkanes of at least 4 members (excludes halogenated alkanes) is 4. The second kappa shape index (κ2) is 9.77. The molecule has 20 heavy (non-hydrogen) atoms. The molecule has 0 aliphatic rings. The third kappa shape index (κ3) is 5.92. The molecule has 0 aliphatic carbocycles. The first-order chi connectivity index (χ1) is 9.69. The van der Waals surface area contributed by atoms with E-state index in [-0.39, 0.29) is 0 Å². The van der Waals surface area contributed by atoms with Crippen molar-refractivity contribution in [3.8, 4) is 0 Å². The van der Waals surface area contributed by atoms with Crippen LogP contribution in [-0.2, 0) is 11.3 Å². The highest BCUT2D eigenvalue weighted by molar-refractivity contribution is 5.53. The Hall–Kier alpha value is -1.08. The van der Waals surface area contributed by atoms with Gasteiger partial charge in [-0.05, 0) is 37.0 Å². The third-order valence-corrected chi connectivity index (χ3v) is 3.89. The molecule has 0 bridgehead atoms. The van der Waals surface area contributed by atoms with Crippen molar-refractivity contribution < 1.29 is 4.74 Å². The van der Waals surface area contributed by atoms with Crippen molar-refractivity contribution in [3.63, 3.8) is 0 Å². The molecule has 0 heterocycles.